The number of rotatable bonds is 7. The molecule has 1 atom stereocenters. The van der Waals surface area contributed by atoms with Crippen molar-refractivity contribution in [1.82, 2.24) is 0 Å². The summed E-state index contributed by atoms with van der Waals surface area (Å²) in [5.41, 5.74) is 0.470. The number of anilines is 1. The summed E-state index contributed by atoms with van der Waals surface area (Å²) in [5, 5.41) is 20.3. The maximum atomic E-state index is 11.7. The molecule has 0 unspecified atom stereocenters. The molecule has 1 aromatic rings. The third-order valence-electron chi connectivity index (χ3n) is 2.96. The second-order valence-electron chi connectivity index (χ2n) is 4.42. The van der Waals surface area contributed by atoms with Crippen LogP contribution in [-0.2, 0) is 9.59 Å². The average molecular weight is 279 g/mol. The Labute approximate surface area is 116 Å². The van der Waals surface area contributed by atoms with Crippen LogP contribution in [0.1, 0.15) is 36.5 Å². The predicted molar refractivity (Wildman–Crippen MR) is 72.7 cm³/mol. The van der Waals surface area contributed by atoms with Crippen molar-refractivity contribution in [2.75, 3.05) is 5.32 Å². The number of carboxylic acid groups (broad SMARTS) is 2. The van der Waals surface area contributed by atoms with Crippen molar-refractivity contribution < 1.29 is 24.6 Å². The Kier molecular flexibility index (Phi) is 5.71. The van der Waals surface area contributed by atoms with E-state index in [1.165, 1.54) is 18.2 Å². The van der Waals surface area contributed by atoms with Gasteiger partial charge in [-0.3, -0.25) is 9.59 Å². The highest BCUT2D eigenvalue weighted by Gasteiger charge is 2.16. The van der Waals surface area contributed by atoms with E-state index in [4.69, 9.17) is 10.2 Å². The molecule has 0 aliphatic heterocycles. The molecule has 20 heavy (non-hydrogen) atoms. The summed E-state index contributed by atoms with van der Waals surface area (Å²) in [6.07, 6.45) is 0.815. The summed E-state index contributed by atoms with van der Waals surface area (Å²) >= 11 is 0. The number of carbonyl (C=O) groups excluding carboxylic acids is 1. The van der Waals surface area contributed by atoms with Crippen molar-refractivity contribution in [3.8, 4) is 0 Å². The van der Waals surface area contributed by atoms with E-state index in [1.807, 2.05) is 0 Å². The number of carbonyl (C=O) groups is 3. The standard InChI is InChI=1S/C14H17NO5/c1-2-9(13(17)18)6-7-12(16)15-11-5-3-4-10(8-11)14(19)20/h3-5,8-9H,2,6-7H2,1H3,(H,15,16)(H,17,18)(H,19,20)/t9-/m1/s1. The molecule has 6 heteroatoms. The molecule has 0 aliphatic carbocycles. The Morgan fingerprint density at radius 1 is 1.25 bits per heavy atom. The van der Waals surface area contributed by atoms with Gasteiger partial charge >= 0.3 is 11.9 Å². The SMILES string of the molecule is CC[C@H](CCC(=O)Nc1cccc(C(=O)O)c1)C(=O)O. The Morgan fingerprint density at radius 3 is 2.50 bits per heavy atom. The first-order valence-corrected chi connectivity index (χ1v) is 6.30. The van der Waals surface area contributed by atoms with Gasteiger partial charge in [-0.15, -0.1) is 0 Å². The Morgan fingerprint density at radius 2 is 1.95 bits per heavy atom. The molecule has 1 aromatic carbocycles. The minimum absolute atomic E-state index is 0.0831. The molecule has 3 N–H and O–H groups in total. The van der Waals surface area contributed by atoms with Gasteiger partial charge in [-0.05, 0) is 31.0 Å². The lowest BCUT2D eigenvalue weighted by atomic mass is 10.0. The minimum Gasteiger partial charge on any atom is -0.481 e. The largest absolute Gasteiger partial charge is 0.481 e. The van der Waals surface area contributed by atoms with E-state index in [1.54, 1.807) is 13.0 Å². The third-order valence-corrected chi connectivity index (χ3v) is 2.96. The molecule has 0 radical (unpaired) electrons. The number of amides is 1. The molecule has 0 fully saturated rings. The van der Waals surface area contributed by atoms with Crippen LogP contribution in [0.15, 0.2) is 24.3 Å². The molecule has 0 bridgehead atoms. The van der Waals surface area contributed by atoms with Crippen molar-refractivity contribution >= 4 is 23.5 Å². The van der Waals surface area contributed by atoms with Crippen molar-refractivity contribution in [3.05, 3.63) is 29.8 Å². The summed E-state index contributed by atoms with van der Waals surface area (Å²) in [5.74, 6) is -2.84. The van der Waals surface area contributed by atoms with Gasteiger partial charge in [-0.2, -0.15) is 0 Å². The fourth-order valence-corrected chi connectivity index (χ4v) is 1.76. The van der Waals surface area contributed by atoms with Crippen LogP contribution in [0.2, 0.25) is 0 Å². The van der Waals surface area contributed by atoms with Crippen LogP contribution in [0.3, 0.4) is 0 Å². The monoisotopic (exact) mass is 279 g/mol. The van der Waals surface area contributed by atoms with Crippen LogP contribution < -0.4 is 5.32 Å². The lowest BCUT2D eigenvalue weighted by Gasteiger charge is -2.10. The van der Waals surface area contributed by atoms with Gasteiger partial charge in [-0.1, -0.05) is 13.0 Å². The number of aromatic carboxylic acids is 1. The number of benzene rings is 1. The summed E-state index contributed by atoms with van der Waals surface area (Å²) in [6, 6.07) is 5.90. The van der Waals surface area contributed by atoms with E-state index >= 15 is 0 Å². The smallest absolute Gasteiger partial charge is 0.335 e. The second kappa shape index (κ2) is 7.28. The van der Waals surface area contributed by atoms with Crippen molar-refractivity contribution in [1.29, 1.82) is 0 Å². The van der Waals surface area contributed by atoms with Crippen LogP contribution in [0, 0.1) is 5.92 Å². The van der Waals surface area contributed by atoms with E-state index < -0.39 is 17.9 Å². The van der Waals surface area contributed by atoms with Crippen LogP contribution in [0.4, 0.5) is 5.69 Å². The average Bonchev–Trinajstić information content (AvgIpc) is 2.39. The first-order valence-electron chi connectivity index (χ1n) is 6.30. The van der Waals surface area contributed by atoms with Crippen molar-refractivity contribution in [2.24, 2.45) is 5.92 Å². The zero-order chi connectivity index (χ0) is 15.1. The zero-order valence-corrected chi connectivity index (χ0v) is 11.1. The Balaban J connectivity index is 2.56. The van der Waals surface area contributed by atoms with Crippen molar-refractivity contribution in [3.63, 3.8) is 0 Å². The summed E-state index contributed by atoms with van der Waals surface area (Å²) in [7, 11) is 0. The topological polar surface area (TPSA) is 104 Å². The van der Waals surface area contributed by atoms with Gasteiger partial charge in [-0.25, -0.2) is 4.79 Å². The molecule has 108 valence electrons. The van der Waals surface area contributed by atoms with Gasteiger partial charge < -0.3 is 15.5 Å². The van der Waals surface area contributed by atoms with Crippen LogP contribution in [-0.4, -0.2) is 28.1 Å². The van der Waals surface area contributed by atoms with Gasteiger partial charge in [0.2, 0.25) is 5.91 Å². The lowest BCUT2D eigenvalue weighted by molar-refractivity contribution is -0.142. The summed E-state index contributed by atoms with van der Waals surface area (Å²) in [4.78, 5) is 33.3. The third kappa shape index (κ3) is 4.72. The summed E-state index contributed by atoms with van der Waals surface area (Å²) < 4.78 is 0. The van der Waals surface area contributed by atoms with Gasteiger partial charge in [0.05, 0.1) is 11.5 Å². The van der Waals surface area contributed by atoms with E-state index in [-0.39, 0.29) is 24.3 Å². The predicted octanol–water partition coefficient (Wildman–Crippen LogP) is 2.21. The number of carboxylic acids is 2. The fraction of sp³-hybridized carbons (Fsp3) is 0.357. The van der Waals surface area contributed by atoms with Crippen LogP contribution >= 0.6 is 0 Å². The van der Waals surface area contributed by atoms with Gasteiger partial charge in [0.1, 0.15) is 0 Å². The molecule has 0 aliphatic rings. The van der Waals surface area contributed by atoms with Gasteiger partial charge in [0, 0.05) is 12.1 Å². The fourth-order valence-electron chi connectivity index (χ4n) is 1.76. The zero-order valence-electron chi connectivity index (χ0n) is 11.1. The Hall–Kier alpha value is -2.37. The highest BCUT2D eigenvalue weighted by molar-refractivity contribution is 5.94. The summed E-state index contributed by atoms with van der Waals surface area (Å²) in [6.45, 7) is 1.76. The molecule has 1 rings (SSSR count). The van der Waals surface area contributed by atoms with E-state index in [0.717, 1.165) is 0 Å². The molecular weight excluding hydrogens is 262 g/mol. The molecule has 0 aromatic heterocycles. The number of aliphatic carboxylic acids is 1. The molecule has 0 saturated heterocycles. The quantitative estimate of drug-likeness (QED) is 0.710. The minimum atomic E-state index is -1.07. The molecule has 0 heterocycles. The van der Waals surface area contributed by atoms with Gasteiger partial charge in [0.15, 0.2) is 0 Å². The second-order valence-corrected chi connectivity index (χ2v) is 4.42. The first kappa shape index (κ1) is 15.7. The number of hydrogen-bond donors (Lipinski definition) is 3. The van der Waals surface area contributed by atoms with Crippen LogP contribution in [0.25, 0.3) is 0 Å². The molecule has 0 saturated carbocycles. The lowest BCUT2D eigenvalue weighted by Crippen LogP contribution is -2.17. The van der Waals surface area contributed by atoms with E-state index in [9.17, 15) is 14.4 Å². The Bertz CT molecular complexity index is 512. The van der Waals surface area contributed by atoms with Crippen molar-refractivity contribution in [2.45, 2.75) is 26.2 Å². The first-order chi connectivity index (χ1) is 9.43. The molecule has 0 spiro atoms. The maximum absolute atomic E-state index is 11.7. The van der Waals surface area contributed by atoms with Crippen LogP contribution in [0.5, 0.6) is 0 Å². The highest BCUT2D eigenvalue weighted by Crippen LogP contribution is 2.14. The highest BCUT2D eigenvalue weighted by atomic mass is 16.4. The normalized spacial score (nSPS) is 11.7. The molecule has 6 nitrogen and oxygen atoms in total. The molecule has 1 amide bonds. The molecular formula is C14H17NO5. The number of nitrogens with one attached hydrogen (secondary N) is 1. The van der Waals surface area contributed by atoms with E-state index in [0.29, 0.717) is 12.1 Å². The maximum Gasteiger partial charge on any atom is 0.335 e. The number of hydrogen-bond acceptors (Lipinski definition) is 3. The van der Waals surface area contributed by atoms with E-state index in [2.05, 4.69) is 5.32 Å². The van der Waals surface area contributed by atoms with Gasteiger partial charge in [0.25, 0.3) is 0 Å².